The lowest BCUT2D eigenvalue weighted by Gasteiger charge is -2.46. The summed E-state index contributed by atoms with van der Waals surface area (Å²) < 4.78 is 60.6. The molecule has 0 atom stereocenters. The molecule has 1 aliphatic carbocycles. The SMILES string of the molecule is Bc1c(B)c(CSc2nc(=O)c3c(n2C(B)(B)C(=O)N(CCN(CC)CC)Cc2c(B)c(B)c(-c4c(B)c(B)c(C(F)(F)F)c(B)c4B)c(B)c2B)C(B)(B)C(B)(B)C3(B)B)c(B)c(B)c1F. The number of halogens is 4. The number of aromatic nitrogens is 2. The number of carbonyl (C=O) groups is 1. The van der Waals surface area contributed by atoms with Crippen molar-refractivity contribution in [2.75, 3.05) is 26.2 Å². The fraction of sp³-hybridized carbons (Fsp3) is 0.361. The number of thioether (sulfide) groups is 1. The van der Waals surface area contributed by atoms with Crippen molar-refractivity contribution < 1.29 is 22.4 Å². The van der Waals surface area contributed by atoms with Gasteiger partial charge in [0.2, 0.25) is 5.91 Å². The highest BCUT2D eigenvalue weighted by molar-refractivity contribution is 7.98. The molecule has 1 amide bonds. The van der Waals surface area contributed by atoms with Crippen LogP contribution in [0.2, 0.25) is 5.21 Å². The highest BCUT2D eigenvalue weighted by Gasteiger charge is 2.59. The zero-order valence-electron chi connectivity index (χ0n) is 44.8. The normalized spacial score (nSPS) is 15.1. The molecular formula is C36H58B20F4N4O2S. The van der Waals surface area contributed by atoms with Crippen molar-refractivity contribution in [2.45, 2.75) is 58.5 Å². The lowest BCUT2D eigenvalue weighted by molar-refractivity contribution is -0.136. The number of nitrogens with zero attached hydrogens (tertiary/aromatic N) is 4. The van der Waals surface area contributed by atoms with E-state index in [1.165, 1.54) is 11.8 Å². The van der Waals surface area contributed by atoms with Gasteiger partial charge in [0.05, 0.1) is 21.0 Å². The van der Waals surface area contributed by atoms with Gasteiger partial charge in [0.1, 0.15) is 147 Å². The van der Waals surface area contributed by atoms with Crippen LogP contribution in [0.1, 0.15) is 41.8 Å². The summed E-state index contributed by atoms with van der Waals surface area (Å²) in [6.07, 6.45) is -4.47. The van der Waals surface area contributed by atoms with Crippen molar-refractivity contribution in [2.24, 2.45) is 0 Å². The summed E-state index contributed by atoms with van der Waals surface area (Å²) in [7, 11) is 39.3. The van der Waals surface area contributed by atoms with Gasteiger partial charge in [-0.25, -0.2) is 4.39 Å². The van der Waals surface area contributed by atoms with Crippen molar-refractivity contribution in [1.82, 2.24) is 19.4 Å². The van der Waals surface area contributed by atoms with Gasteiger partial charge in [0, 0.05) is 42.2 Å². The second kappa shape index (κ2) is 19.2. The van der Waals surface area contributed by atoms with E-state index < -0.39 is 32.7 Å². The molecule has 0 N–H and O–H groups in total. The molecule has 1 heterocycles. The second-order valence-corrected chi connectivity index (χ2v) is 22.6. The fourth-order valence-corrected chi connectivity index (χ4v) is 12.5. The first-order valence-electron chi connectivity index (χ1n) is 24.0. The fourth-order valence-electron chi connectivity index (χ4n) is 11.2. The van der Waals surface area contributed by atoms with Crippen molar-refractivity contribution in [3.05, 3.63) is 44.1 Å². The number of likely N-dealkylation sites (N-methyl/N-ethyl adjacent to an activating group) is 1. The van der Waals surface area contributed by atoms with Gasteiger partial charge in [0.15, 0.2) is 5.16 Å². The molecule has 0 unspecified atom stereocenters. The molecule has 5 rings (SSSR count). The molecule has 67 heavy (non-hydrogen) atoms. The highest BCUT2D eigenvalue weighted by Crippen LogP contribution is 2.57. The van der Waals surface area contributed by atoms with Crippen molar-refractivity contribution in [1.29, 1.82) is 0 Å². The lowest BCUT2D eigenvalue weighted by atomic mass is 9.20. The van der Waals surface area contributed by atoms with E-state index in [0.29, 0.717) is 58.0 Å². The molecule has 0 aliphatic heterocycles. The van der Waals surface area contributed by atoms with Crippen LogP contribution >= 0.6 is 11.8 Å². The number of carbonyl (C=O) groups excluding carboxylic acids is 1. The van der Waals surface area contributed by atoms with Crippen LogP contribution in [0.3, 0.4) is 0 Å². The van der Waals surface area contributed by atoms with Gasteiger partial charge < -0.3 is 14.4 Å². The van der Waals surface area contributed by atoms with E-state index >= 15 is 9.18 Å². The van der Waals surface area contributed by atoms with Crippen LogP contribution in [0.4, 0.5) is 17.6 Å². The van der Waals surface area contributed by atoms with E-state index in [-0.39, 0.29) is 28.2 Å². The average Bonchev–Trinajstić information content (AvgIpc) is 3.35. The Morgan fingerprint density at radius 1 is 0.657 bits per heavy atom. The number of hydrogen-bond donors (Lipinski definition) is 0. The quantitative estimate of drug-likeness (QED) is 0.0579. The molecule has 328 valence electrons. The summed E-state index contributed by atoms with van der Waals surface area (Å²) in [4.78, 5) is 39.8. The van der Waals surface area contributed by atoms with Gasteiger partial charge >= 0.3 is 6.18 Å². The first kappa shape index (κ1) is 55.3. The predicted octanol–water partition coefficient (Wildman–Crippen LogP) is -22.1. The maximum absolute atomic E-state index is 16.0. The zero-order chi connectivity index (χ0) is 51.2. The third kappa shape index (κ3) is 8.93. The Hall–Kier alpha value is -2.66. The van der Waals surface area contributed by atoms with Crippen LogP contribution < -0.4 is 71.1 Å². The Kier molecular flexibility index (Phi) is 15.8. The molecular weight excluding hydrogens is 845 g/mol. The second-order valence-electron chi connectivity index (χ2n) is 21.6. The van der Waals surface area contributed by atoms with Crippen LogP contribution in [0.25, 0.3) is 11.1 Å². The minimum atomic E-state index is -4.47. The molecule has 0 bridgehead atoms. The molecule has 1 aliphatic rings. The third-order valence-corrected chi connectivity index (χ3v) is 18.6. The molecule has 3 aromatic carbocycles. The Labute approximate surface area is 419 Å². The van der Waals surface area contributed by atoms with Crippen molar-refractivity contribution in [3.8, 4) is 11.1 Å². The van der Waals surface area contributed by atoms with Gasteiger partial charge in [-0.3, -0.25) is 9.59 Å². The Balaban J connectivity index is 1.76. The van der Waals surface area contributed by atoms with Crippen LogP contribution in [0, 0.1) is 5.82 Å². The standard InChI is InChI=1S/C36H58B20F4N4O2S/c1-3-62(4-2)5-6-63(7-9-15(37)19(41)11(20(42)16(9)38)12-21(43)23(45)13(35(58,59)60)24(46)22(12)44)30(66)34(53,54)64-28-14(32(49,50)36(55,56)33(28,51)52)29(65)61-31(64)67-8-10-17(39)25(47)27(57)26(48)18(10)40/h3-8,37-56H2,1-2H3. The number of benzene rings is 3. The number of hydrogen-bond acceptors (Lipinski definition) is 5. The summed E-state index contributed by atoms with van der Waals surface area (Å²) in [6, 6.07) is 0. The van der Waals surface area contributed by atoms with Crippen molar-refractivity contribution >= 4 is 240 Å². The first-order valence-corrected chi connectivity index (χ1v) is 24.9. The third-order valence-electron chi connectivity index (χ3n) is 17.7. The molecule has 0 radical (unpaired) electrons. The number of alkyl halides is 3. The molecule has 6 nitrogen and oxygen atoms in total. The van der Waals surface area contributed by atoms with Crippen LogP contribution in [0.15, 0.2) is 9.95 Å². The zero-order valence-corrected chi connectivity index (χ0v) is 45.6. The largest absolute Gasteiger partial charge is 0.415 e. The molecule has 0 fully saturated rings. The predicted molar refractivity (Wildman–Crippen MR) is 335 cm³/mol. The van der Waals surface area contributed by atoms with E-state index in [9.17, 15) is 18.0 Å². The molecule has 0 saturated heterocycles. The van der Waals surface area contributed by atoms with E-state index in [1.807, 2.05) is 52.0 Å². The molecule has 4 aromatic rings. The first-order chi connectivity index (χ1) is 30.6. The Bertz CT molecular complexity index is 2680. The summed E-state index contributed by atoms with van der Waals surface area (Å²) >= 11 is 1.42. The van der Waals surface area contributed by atoms with Gasteiger partial charge in [-0.05, 0) is 29.8 Å². The topological polar surface area (TPSA) is 58.4 Å². The van der Waals surface area contributed by atoms with E-state index in [4.69, 9.17) is 4.98 Å². The van der Waals surface area contributed by atoms with Gasteiger partial charge in [-0.2, -0.15) is 18.2 Å². The molecule has 31 heteroatoms. The van der Waals surface area contributed by atoms with E-state index in [1.54, 1.807) is 47.1 Å². The molecule has 0 spiro atoms. The Morgan fingerprint density at radius 3 is 1.52 bits per heavy atom. The minimum absolute atomic E-state index is 0.118. The van der Waals surface area contributed by atoms with Crippen LogP contribution in [0.5, 0.6) is 0 Å². The number of amides is 1. The lowest BCUT2D eigenvalue weighted by Crippen LogP contribution is -2.57. The maximum atomic E-state index is 16.0. The molecule has 1 aromatic heterocycles. The van der Waals surface area contributed by atoms with Crippen LogP contribution in [-0.4, -0.2) is 208 Å². The summed E-state index contributed by atoms with van der Waals surface area (Å²) in [5.74, 6) is 0.0977. The number of fused-ring (bicyclic) bond motifs is 1. The van der Waals surface area contributed by atoms with Gasteiger partial charge in [0.25, 0.3) is 5.56 Å². The summed E-state index contributed by atoms with van der Waals surface area (Å²) in [5.41, 5.74) is 12.9. The number of rotatable bonds is 13. The Morgan fingerprint density at radius 2 is 1.09 bits per heavy atom. The highest BCUT2D eigenvalue weighted by atomic mass is 32.2. The molecule has 0 saturated carbocycles. The monoisotopic (exact) mass is 907 g/mol. The van der Waals surface area contributed by atoms with Gasteiger partial charge in [-0.15, -0.1) is 0 Å². The van der Waals surface area contributed by atoms with E-state index in [2.05, 4.69) is 86.1 Å². The minimum Gasteiger partial charge on any atom is -0.336 e. The summed E-state index contributed by atoms with van der Waals surface area (Å²) in [5, 5.41) is -2.39. The van der Waals surface area contributed by atoms with Gasteiger partial charge in [-0.1, -0.05) is 112 Å². The average molecular weight is 903 g/mol. The maximum Gasteiger partial charge on any atom is 0.415 e. The smallest absolute Gasteiger partial charge is 0.336 e. The van der Waals surface area contributed by atoms with E-state index in [0.717, 1.165) is 73.8 Å². The van der Waals surface area contributed by atoms with Crippen LogP contribution in [-0.2, 0) is 39.0 Å². The summed E-state index contributed by atoms with van der Waals surface area (Å²) in [6.45, 7) is 7.24. The van der Waals surface area contributed by atoms with Crippen molar-refractivity contribution in [3.63, 3.8) is 0 Å².